The Bertz CT molecular complexity index is 335. The van der Waals surface area contributed by atoms with E-state index in [-0.39, 0.29) is 0 Å². The summed E-state index contributed by atoms with van der Waals surface area (Å²) < 4.78 is 11.1. The second-order valence-corrected chi connectivity index (χ2v) is 4.07. The second-order valence-electron chi connectivity index (χ2n) is 4.07. The average Bonchev–Trinajstić information content (AvgIpc) is 2.27. The van der Waals surface area contributed by atoms with Crippen molar-refractivity contribution in [2.45, 2.75) is 12.5 Å². The van der Waals surface area contributed by atoms with Crippen LogP contribution in [-0.2, 0) is 6.42 Å². The van der Waals surface area contributed by atoms with Gasteiger partial charge in [0.25, 0.3) is 0 Å². The van der Waals surface area contributed by atoms with Gasteiger partial charge in [-0.2, -0.15) is 0 Å². The lowest BCUT2D eigenvalue weighted by atomic mass is 10.0. The molecule has 0 saturated carbocycles. The van der Waals surface area contributed by atoms with E-state index in [9.17, 15) is 0 Å². The highest BCUT2D eigenvalue weighted by Crippen LogP contribution is 2.33. The number of likely N-dealkylation sites (N-methyl/N-ethyl adjacent to an activating group) is 1. The molecule has 0 bridgehead atoms. The van der Waals surface area contributed by atoms with Crippen molar-refractivity contribution in [2.75, 3.05) is 27.8 Å². The molecule has 0 saturated heterocycles. The van der Waals surface area contributed by atoms with E-state index in [1.807, 2.05) is 18.2 Å². The van der Waals surface area contributed by atoms with Crippen LogP contribution < -0.4 is 9.47 Å². The summed E-state index contributed by atoms with van der Waals surface area (Å²) in [6.07, 6.45) is 0.992. The monoisotopic (exact) mass is 207 g/mol. The van der Waals surface area contributed by atoms with Crippen LogP contribution in [0.3, 0.4) is 0 Å². The van der Waals surface area contributed by atoms with Gasteiger partial charge in [-0.3, -0.25) is 0 Å². The van der Waals surface area contributed by atoms with Crippen LogP contribution >= 0.6 is 0 Å². The molecule has 82 valence electrons. The van der Waals surface area contributed by atoms with Gasteiger partial charge in [0.1, 0.15) is 18.1 Å². The van der Waals surface area contributed by atoms with Crippen LogP contribution in [0.1, 0.15) is 5.56 Å². The summed E-state index contributed by atoms with van der Waals surface area (Å²) in [6.45, 7) is 0.757. The Labute approximate surface area is 90.6 Å². The highest BCUT2D eigenvalue weighted by Gasteiger charge is 2.23. The summed E-state index contributed by atoms with van der Waals surface area (Å²) in [5, 5.41) is 0. The van der Waals surface area contributed by atoms with Crippen LogP contribution in [0.4, 0.5) is 0 Å². The molecule has 2 rings (SSSR count). The van der Waals surface area contributed by atoms with Crippen LogP contribution in [0.15, 0.2) is 18.2 Å². The highest BCUT2D eigenvalue weighted by atomic mass is 16.5. The first kappa shape index (κ1) is 10.3. The Morgan fingerprint density at radius 3 is 2.87 bits per heavy atom. The summed E-state index contributed by atoms with van der Waals surface area (Å²) in [5.74, 6) is 1.89. The first-order valence-electron chi connectivity index (χ1n) is 5.17. The largest absolute Gasteiger partial charge is 0.496 e. The van der Waals surface area contributed by atoms with Crippen LogP contribution in [0.25, 0.3) is 0 Å². The third kappa shape index (κ3) is 1.92. The standard InChI is InChI=1S/C12H17NO2/c1-13(2)9-7-10-11(14-3)5-4-6-12(10)15-8-9/h4-6,9H,7-8H2,1-3H3/t9-/m0/s1. The normalized spacial score (nSPS) is 19.6. The fraction of sp³-hybridized carbons (Fsp3) is 0.500. The smallest absolute Gasteiger partial charge is 0.126 e. The van der Waals surface area contributed by atoms with Crippen molar-refractivity contribution < 1.29 is 9.47 Å². The van der Waals surface area contributed by atoms with Crippen LogP contribution in [0, 0.1) is 0 Å². The SMILES string of the molecule is COc1cccc2c1C[C@H](N(C)C)CO2. The van der Waals surface area contributed by atoms with Crippen LogP contribution in [0.2, 0.25) is 0 Å². The van der Waals surface area contributed by atoms with Gasteiger partial charge >= 0.3 is 0 Å². The minimum Gasteiger partial charge on any atom is -0.496 e. The van der Waals surface area contributed by atoms with Crippen molar-refractivity contribution >= 4 is 0 Å². The van der Waals surface area contributed by atoms with E-state index in [2.05, 4.69) is 19.0 Å². The zero-order valence-electron chi connectivity index (χ0n) is 9.49. The zero-order valence-corrected chi connectivity index (χ0v) is 9.49. The molecule has 0 N–H and O–H groups in total. The third-order valence-corrected chi connectivity index (χ3v) is 2.91. The molecule has 1 aliphatic rings. The summed E-state index contributed by atoms with van der Waals surface area (Å²) in [6, 6.07) is 6.39. The molecular weight excluding hydrogens is 190 g/mol. The van der Waals surface area contributed by atoms with E-state index in [1.165, 1.54) is 5.56 Å². The molecule has 0 fully saturated rings. The highest BCUT2D eigenvalue weighted by molar-refractivity contribution is 5.46. The number of ether oxygens (including phenoxy) is 2. The Morgan fingerprint density at radius 1 is 1.40 bits per heavy atom. The Morgan fingerprint density at radius 2 is 2.20 bits per heavy atom. The van der Waals surface area contributed by atoms with Crippen molar-refractivity contribution in [3.63, 3.8) is 0 Å². The minimum absolute atomic E-state index is 0.439. The second kappa shape index (κ2) is 4.11. The predicted molar refractivity (Wildman–Crippen MR) is 59.7 cm³/mol. The van der Waals surface area contributed by atoms with Crippen LogP contribution in [0.5, 0.6) is 11.5 Å². The van der Waals surface area contributed by atoms with Crippen molar-refractivity contribution in [3.05, 3.63) is 23.8 Å². The molecule has 0 radical (unpaired) electrons. The molecule has 0 unspecified atom stereocenters. The molecular formula is C12H17NO2. The number of hydrogen-bond acceptors (Lipinski definition) is 3. The summed E-state index contributed by atoms with van der Waals surface area (Å²) in [5.41, 5.74) is 1.19. The lowest BCUT2D eigenvalue weighted by Crippen LogP contribution is -2.38. The maximum absolute atomic E-state index is 5.72. The average molecular weight is 207 g/mol. The van der Waals surface area contributed by atoms with Crippen molar-refractivity contribution in [1.82, 2.24) is 4.90 Å². The first-order valence-corrected chi connectivity index (χ1v) is 5.17. The van der Waals surface area contributed by atoms with Gasteiger partial charge in [-0.25, -0.2) is 0 Å². The summed E-state index contributed by atoms with van der Waals surface area (Å²) in [7, 11) is 5.86. The zero-order chi connectivity index (χ0) is 10.8. The maximum Gasteiger partial charge on any atom is 0.126 e. The van der Waals surface area contributed by atoms with Crippen LogP contribution in [-0.4, -0.2) is 38.8 Å². The maximum atomic E-state index is 5.72. The Balaban J connectivity index is 2.30. The Hall–Kier alpha value is -1.22. The van der Waals surface area contributed by atoms with Gasteiger partial charge in [-0.05, 0) is 32.6 Å². The quantitative estimate of drug-likeness (QED) is 0.734. The van der Waals surface area contributed by atoms with Gasteiger partial charge in [0.05, 0.1) is 7.11 Å². The lowest BCUT2D eigenvalue weighted by molar-refractivity contribution is 0.163. The summed E-state index contributed by atoms with van der Waals surface area (Å²) >= 11 is 0. The number of nitrogens with zero attached hydrogens (tertiary/aromatic N) is 1. The van der Waals surface area contributed by atoms with E-state index in [0.29, 0.717) is 6.04 Å². The molecule has 3 nitrogen and oxygen atoms in total. The fourth-order valence-electron chi connectivity index (χ4n) is 1.89. The molecule has 15 heavy (non-hydrogen) atoms. The van der Waals surface area contributed by atoms with Crippen molar-refractivity contribution in [1.29, 1.82) is 0 Å². The van der Waals surface area contributed by atoms with E-state index in [4.69, 9.17) is 9.47 Å². The number of benzene rings is 1. The van der Waals surface area contributed by atoms with Gasteiger partial charge in [-0.1, -0.05) is 6.07 Å². The lowest BCUT2D eigenvalue weighted by Gasteiger charge is -2.30. The molecule has 1 aromatic rings. The molecule has 1 atom stereocenters. The third-order valence-electron chi connectivity index (χ3n) is 2.91. The summed E-state index contributed by atoms with van der Waals surface area (Å²) in [4.78, 5) is 2.19. The van der Waals surface area contributed by atoms with Gasteiger partial charge < -0.3 is 14.4 Å². The predicted octanol–water partition coefficient (Wildman–Crippen LogP) is 1.56. The molecule has 0 amide bonds. The number of fused-ring (bicyclic) bond motifs is 1. The number of rotatable bonds is 2. The van der Waals surface area contributed by atoms with E-state index >= 15 is 0 Å². The van der Waals surface area contributed by atoms with E-state index in [1.54, 1.807) is 7.11 Å². The number of hydrogen-bond donors (Lipinski definition) is 0. The van der Waals surface area contributed by atoms with Crippen molar-refractivity contribution in [3.8, 4) is 11.5 Å². The van der Waals surface area contributed by atoms with Gasteiger partial charge in [0.2, 0.25) is 0 Å². The molecule has 0 aliphatic carbocycles. The van der Waals surface area contributed by atoms with Gasteiger partial charge in [0, 0.05) is 11.6 Å². The molecule has 1 heterocycles. The van der Waals surface area contributed by atoms with E-state index in [0.717, 1.165) is 24.5 Å². The molecule has 0 spiro atoms. The van der Waals surface area contributed by atoms with Gasteiger partial charge in [0.15, 0.2) is 0 Å². The molecule has 1 aliphatic heterocycles. The van der Waals surface area contributed by atoms with Gasteiger partial charge in [-0.15, -0.1) is 0 Å². The molecule has 3 heteroatoms. The fourth-order valence-corrected chi connectivity index (χ4v) is 1.89. The van der Waals surface area contributed by atoms with E-state index < -0.39 is 0 Å². The first-order chi connectivity index (χ1) is 7.22. The molecule has 1 aromatic carbocycles. The topological polar surface area (TPSA) is 21.7 Å². The Kier molecular flexibility index (Phi) is 2.82. The van der Waals surface area contributed by atoms with Crippen molar-refractivity contribution in [2.24, 2.45) is 0 Å². The number of methoxy groups -OCH3 is 1. The molecule has 0 aromatic heterocycles. The minimum atomic E-state index is 0.439.